The highest BCUT2D eigenvalue weighted by atomic mass is 16.2. The van der Waals surface area contributed by atoms with E-state index in [1.807, 2.05) is 42.5 Å². The molecule has 2 N–H and O–H groups in total. The van der Waals surface area contributed by atoms with Crippen LogP contribution in [0.15, 0.2) is 48.7 Å². The second-order valence-corrected chi connectivity index (χ2v) is 7.89. The van der Waals surface area contributed by atoms with Crippen molar-refractivity contribution in [2.75, 3.05) is 5.32 Å². The molecular weight excluding hydrogens is 364 g/mol. The number of fused-ring (bicyclic) bond motifs is 1. The zero-order valence-electron chi connectivity index (χ0n) is 16.8. The van der Waals surface area contributed by atoms with Crippen molar-refractivity contribution in [1.29, 1.82) is 0 Å². The van der Waals surface area contributed by atoms with Gasteiger partial charge in [0.25, 0.3) is 11.8 Å². The van der Waals surface area contributed by atoms with E-state index in [9.17, 15) is 9.59 Å². The molecule has 3 aromatic rings. The molecule has 29 heavy (non-hydrogen) atoms. The number of hydrogen-bond donors (Lipinski definition) is 2. The van der Waals surface area contributed by atoms with Crippen molar-refractivity contribution >= 4 is 23.0 Å². The Kier molecular flexibility index (Phi) is 5.34. The van der Waals surface area contributed by atoms with Crippen molar-refractivity contribution in [2.24, 2.45) is 0 Å². The highest BCUT2D eigenvalue weighted by molar-refractivity contribution is 6.09. The third-order valence-electron chi connectivity index (χ3n) is 5.49. The van der Waals surface area contributed by atoms with Gasteiger partial charge in [0.15, 0.2) is 5.69 Å². The van der Waals surface area contributed by atoms with Crippen LogP contribution in [-0.2, 0) is 0 Å². The van der Waals surface area contributed by atoms with E-state index < -0.39 is 0 Å². The maximum Gasteiger partial charge on any atom is 0.287 e. The van der Waals surface area contributed by atoms with E-state index in [-0.39, 0.29) is 35.3 Å². The molecule has 2 amide bonds. The van der Waals surface area contributed by atoms with Crippen LogP contribution in [0.2, 0.25) is 0 Å². The summed E-state index contributed by atoms with van der Waals surface area (Å²) in [4.78, 5) is 30.3. The predicted molar refractivity (Wildman–Crippen MR) is 113 cm³/mol. The second-order valence-electron chi connectivity index (χ2n) is 7.89. The number of pyridine rings is 1. The summed E-state index contributed by atoms with van der Waals surface area (Å²) in [5.41, 5.74) is 2.69. The molecule has 1 aromatic carbocycles. The molecule has 4 rings (SSSR count). The van der Waals surface area contributed by atoms with E-state index in [0.29, 0.717) is 5.52 Å². The van der Waals surface area contributed by atoms with Crippen LogP contribution in [0, 0.1) is 0 Å². The first-order valence-corrected chi connectivity index (χ1v) is 10.2. The van der Waals surface area contributed by atoms with Crippen LogP contribution in [0.3, 0.4) is 0 Å². The number of hydrogen-bond acceptors (Lipinski definition) is 3. The van der Waals surface area contributed by atoms with Crippen LogP contribution in [0.25, 0.3) is 5.52 Å². The van der Waals surface area contributed by atoms with Gasteiger partial charge in [-0.1, -0.05) is 51.0 Å². The summed E-state index contributed by atoms with van der Waals surface area (Å²) in [6.45, 7) is 4.17. The van der Waals surface area contributed by atoms with Gasteiger partial charge in [-0.25, -0.2) is 4.98 Å². The summed E-state index contributed by atoms with van der Waals surface area (Å²) in [6, 6.07) is 13.4. The van der Waals surface area contributed by atoms with Crippen molar-refractivity contribution in [3.63, 3.8) is 0 Å². The molecule has 0 bridgehead atoms. The molecule has 1 aliphatic rings. The number of nitrogens with one attached hydrogen (secondary N) is 2. The number of aromatic nitrogens is 2. The summed E-state index contributed by atoms with van der Waals surface area (Å²) in [7, 11) is 0. The maximum absolute atomic E-state index is 13.1. The van der Waals surface area contributed by atoms with Crippen molar-refractivity contribution in [1.82, 2.24) is 14.7 Å². The molecule has 6 heteroatoms. The SMILES string of the molecule is CC(C)c1ccccc1NC(=O)c1nc(C(=O)NC2CCCC2)n2ccccc12. The van der Waals surface area contributed by atoms with Gasteiger partial charge in [-0.05, 0) is 42.5 Å². The van der Waals surface area contributed by atoms with E-state index in [1.165, 1.54) is 0 Å². The summed E-state index contributed by atoms with van der Waals surface area (Å²) in [6.07, 6.45) is 6.03. The Labute approximate surface area is 170 Å². The van der Waals surface area contributed by atoms with Gasteiger partial charge in [0.1, 0.15) is 0 Å². The minimum Gasteiger partial charge on any atom is -0.347 e. The lowest BCUT2D eigenvalue weighted by Crippen LogP contribution is -2.33. The summed E-state index contributed by atoms with van der Waals surface area (Å²) >= 11 is 0. The van der Waals surface area contributed by atoms with Gasteiger partial charge in [-0.15, -0.1) is 0 Å². The topological polar surface area (TPSA) is 75.5 Å². The molecule has 0 unspecified atom stereocenters. The first-order valence-electron chi connectivity index (χ1n) is 10.2. The zero-order chi connectivity index (χ0) is 20.4. The number of imidazole rings is 1. The Morgan fingerprint density at radius 3 is 2.52 bits per heavy atom. The van der Waals surface area contributed by atoms with E-state index in [0.717, 1.165) is 36.9 Å². The molecule has 1 saturated carbocycles. The maximum atomic E-state index is 13.1. The van der Waals surface area contributed by atoms with Crippen LogP contribution in [0.4, 0.5) is 5.69 Å². The van der Waals surface area contributed by atoms with Crippen LogP contribution in [0.5, 0.6) is 0 Å². The van der Waals surface area contributed by atoms with Gasteiger partial charge < -0.3 is 10.6 Å². The number of nitrogens with zero attached hydrogens (tertiary/aromatic N) is 2. The quantitative estimate of drug-likeness (QED) is 0.679. The summed E-state index contributed by atoms with van der Waals surface area (Å²) in [5, 5.41) is 6.04. The Bertz CT molecular complexity index is 1050. The average Bonchev–Trinajstić information content (AvgIpc) is 3.36. The molecule has 1 aliphatic carbocycles. The minimum absolute atomic E-state index is 0.189. The third-order valence-corrected chi connectivity index (χ3v) is 5.49. The van der Waals surface area contributed by atoms with Crippen molar-refractivity contribution in [3.05, 3.63) is 65.7 Å². The molecule has 1 fully saturated rings. The normalized spacial score (nSPS) is 14.4. The molecule has 0 radical (unpaired) electrons. The lowest BCUT2D eigenvalue weighted by atomic mass is 10.0. The molecule has 0 atom stereocenters. The van der Waals surface area contributed by atoms with E-state index >= 15 is 0 Å². The number of rotatable bonds is 5. The lowest BCUT2D eigenvalue weighted by Gasteiger charge is -2.13. The van der Waals surface area contributed by atoms with Crippen LogP contribution < -0.4 is 10.6 Å². The second kappa shape index (κ2) is 8.07. The van der Waals surface area contributed by atoms with Gasteiger partial charge in [-0.3, -0.25) is 14.0 Å². The fourth-order valence-electron chi connectivity index (χ4n) is 3.98. The molecule has 150 valence electrons. The molecule has 0 spiro atoms. The highest BCUT2D eigenvalue weighted by Crippen LogP contribution is 2.25. The molecule has 2 aromatic heterocycles. The third kappa shape index (κ3) is 3.88. The summed E-state index contributed by atoms with van der Waals surface area (Å²) in [5.74, 6) is -0.0331. The van der Waals surface area contributed by atoms with E-state index in [1.54, 1.807) is 10.6 Å². The van der Waals surface area contributed by atoms with Crippen molar-refractivity contribution in [2.45, 2.75) is 51.5 Å². The number of carbonyl (C=O) groups excluding carboxylic acids is 2. The fraction of sp³-hybridized carbons (Fsp3) is 0.348. The Morgan fingerprint density at radius 1 is 1.03 bits per heavy atom. The van der Waals surface area contributed by atoms with E-state index in [2.05, 4.69) is 29.5 Å². The van der Waals surface area contributed by atoms with Crippen LogP contribution >= 0.6 is 0 Å². The molecule has 0 saturated heterocycles. The van der Waals surface area contributed by atoms with Gasteiger partial charge in [0.2, 0.25) is 5.82 Å². The van der Waals surface area contributed by atoms with Crippen LogP contribution in [-0.4, -0.2) is 27.2 Å². The van der Waals surface area contributed by atoms with Crippen LogP contribution in [0.1, 0.15) is 72.1 Å². The minimum atomic E-state index is -0.318. The Balaban J connectivity index is 1.65. The van der Waals surface area contributed by atoms with Crippen molar-refractivity contribution in [3.8, 4) is 0 Å². The van der Waals surface area contributed by atoms with Gasteiger partial charge in [0, 0.05) is 17.9 Å². The monoisotopic (exact) mass is 390 g/mol. The zero-order valence-corrected chi connectivity index (χ0v) is 16.8. The lowest BCUT2D eigenvalue weighted by molar-refractivity contribution is 0.0926. The molecule has 6 nitrogen and oxygen atoms in total. The Hall–Kier alpha value is -3.15. The fourth-order valence-corrected chi connectivity index (χ4v) is 3.98. The largest absolute Gasteiger partial charge is 0.347 e. The number of para-hydroxylation sites is 1. The predicted octanol–water partition coefficient (Wildman–Crippen LogP) is 4.38. The number of anilines is 1. The number of amides is 2. The van der Waals surface area contributed by atoms with E-state index in [4.69, 9.17) is 0 Å². The van der Waals surface area contributed by atoms with Gasteiger partial charge >= 0.3 is 0 Å². The molecule has 2 heterocycles. The standard InChI is InChI=1S/C23H26N4O2/c1-15(2)17-11-5-6-12-18(17)25-22(28)20-19-13-7-8-14-27(19)21(26-20)23(29)24-16-9-3-4-10-16/h5-8,11-16H,3-4,9-10H2,1-2H3,(H,24,29)(H,25,28). The summed E-state index contributed by atoms with van der Waals surface area (Å²) < 4.78 is 1.69. The van der Waals surface area contributed by atoms with Gasteiger partial charge in [-0.2, -0.15) is 0 Å². The van der Waals surface area contributed by atoms with Crippen molar-refractivity contribution < 1.29 is 9.59 Å². The smallest absolute Gasteiger partial charge is 0.287 e. The first-order chi connectivity index (χ1) is 14.0. The number of benzene rings is 1. The highest BCUT2D eigenvalue weighted by Gasteiger charge is 2.25. The Morgan fingerprint density at radius 2 is 1.76 bits per heavy atom. The number of carbonyl (C=O) groups is 2. The first kappa shape index (κ1) is 19.2. The molecule has 0 aliphatic heterocycles. The average molecular weight is 390 g/mol. The molecular formula is C23H26N4O2. The van der Waals surface area contributed by atoms with Gasteiger partial charge in [0.05, 0.1) is 5.52 Å².